The second-order valence-corrected chi connectivity index (χ2v) is 9.75. The zero-order valence-electron chi connectivity index (χ0n) is 16.6. The van der Waals surface area contributed by atoms with Crippen LogP contribution in [0.5, 0.6) is 5.75 Å². The number of ether oxygens (including phenoxy) is 1. The van der Waals surface area contributed by atoms with Gasteiger partial charge >= 0.3 is 0 Å². The number of rotatable bonds is 8. The number of para-hydroxylation sites is 1. The Morgan fingerprint density at radius 1 is 1.26 bits per heavy atom. The largest absolute Gasteiger partial charge is 0.486 e. The number of nitrogens with zero attached hydrogens (tertiary/aromatic N) is 1. The average Bonchev–Trinajstić information content (AvgIpc) is 2.57. The van der Waals surface area contributed by atoms with E-state index in [-0.39, 0.29) is 48.1 Å². The van der Waals surface area contributed by atoms with Gasteiger partial charge in [-0.2, -0.15) is 0 Å². The van der Waals surface area contributed by atoms with Gasteiger partial charge in [-0.05, 0) is 39.3 Å². The van der Waals surface area contributed by atoms with Crippen LogP contribution in [-0.4, -0.2) is 51.1 Å². The number of nitrogens with one attached hydrogen (secondary N) is 2. The lowest BCUT2D eigenvalue weighted by molar-refractivity contribution is 0.191. The fourth-order valence-corrected chi connectivity index (χ4v) is 3.01. The smallest absolute Gasteiger partial charge is 0.191 e. The normalized spacial score (nSPS) is 13.5. The predicted octanol–water partition coefficient (Wildman–Crippen LogP) is 2.98. The highest BCUT2D eigenvalue weighted by Crippen LogP contribution is 2.18. The first kappa shape index (κ1) is 25.9. The first-order valence-corrected chi connectivity index (χ1v) is 10.3. The van der Waals surface area contributed by atoms with E-state index in [0.29, 0.717) is 18.9 Å². The number of guanidine groups is 1. The van der Waals surface area contributed by atoms with Crippen LogP contribution in [0.1, 0.15) is 34.1 Å². The zero-order valence-corrected chi connectivity index (χ0v) is 19.7. The van der Waals surface area contributed by atoms with Crippen LogP contribution in [-0.2, 0) is 9.84 Å². The van der Waals surface area contributed by atoms with Crippen LogP contribution in [0.25, 0.3) is 0 Å². The summed E-state index contributed by atoms with van der Waals surface area (Å²) in [6.45, 7) is 7.66. The molecule has 0 saturated carbocycles. The van der Waals surface area contributed by atoms with Crippen molar-refractivity contribution in [2.24, 2.45) is 4.99 Å². The summed E-state index contributed by atoms with van der Waals surface area (Å²) in [7, 11) is -1.59. The number of benzene rings is 1. The summed E-state index contributed by atoms with van der Waals surface area (Å²) in [4.78, 5) is 4.07. The van der Waals surface area contributed by atoms with E-state index in [0.717, 1.165) is 0 Å². The van der Waals surface area contributed by atoms with Crippen LogP contribution in [0.4, 0.5) is 4.39 Å². The van der Waals surface area contributed by atoms with Gasteiger partial charge in [-0.15, -0.1) is 24.0 Å². The molecular weight excluding hydrogens is 484 g/mol. The maximum Gasteiger partial charge on any atom is 0.191 e. The van der Waals surface area contributed by atoms with Crippen molar-refractivity contribution >= 4 is 39.8 Å². The quantitative estimate of drug-likeness (QED) is 0.316. The van der Waals surface area contributed by atoms with E-state index in [9.17, 15) is 12.8 Å². The van der Waals surface area contributed by atoms with Gasteiger partial charge in [0.15, 0.2) is 27.4 Å². The van der Waals surface area contributed by atoms with Crippen LogP contribution in [0.15, 0.2) is 29.3 Å². The summed E-state index contributed by atoms with van der Waals surface area (Å²) in [5, 5.41) is 6.06. The molecule has 1 aromatic carbocycles. The third-order valence-electron chi connectivity index (χ3n) is 3.90. The van der Waals surface area contributed by atoms with E-state index >= 15 is 0 Å². The molecule has 0 heterocycles. The van der Waals surface area contributed by atoms with E-state index < -0.39 is 20.4 Å². The monoisotopic (exact) mass is 515 g/mol. The second kappa shape index (κ2) is 11.7. The molecule has 156 valence electrons. The number of aliphatic imine (C=N–C) groups is 1. The molecule has 1 rings (SSSR count). The lowest BCUT2D eigenvalue weighted by atomic mass is 10.2. The minimum atomic E-state index is -3.19. The van der Waals surface area contributed by atoms with Gasteiger partial charge in [0.2, 0.25) is 0 Å². The molecule has 2 N–H and O–H groups in total. The first-order chi connectivity index (χ1) is 12.1. The molecule has 1 aromatic rings. The average molecular weight is 515 g/mol. The molecule has 9 heteroatoms. The van der Waals surface area contributed by atoms with Gasteiger partial charge in [-0.1, -0.05) is 19.1 Å². The maximum atomic E-state index is 13.7. The summed E-state index contributed by atoms with van der Waals surface area (Å²) in [5.74, 6) is 0.297. The van der Waals surface area contributed by atoms with Gasteiger partial charge in [0.1, 0.15) is 6.10 Å². The predicted molar refractivity (Wildman–Crippen MR) is 119 cm³/mol. The number of sulfone groups is 1. The molecule has 0 amide bonds. The summed E-state index contributed by atoms with van der Waals surface area (Å²) in [5.41, 5.74) is 0. The van der Waals surface area contributed by atoms with E-state index in [4.69, 9.17) is 4.74 Å². The highest BCUT2D eigenvalue weighted by molar-refractivity contribution is 14.0. The molecular formula is C18H31FIN3O3S. The lowest BCUT2D eigenvalue weighted by Crippen LogP contribution is -2.44. The van der Waals surface area contributed by atoms with E-state index in [2.05, 4.69) is 15.6 Å². The van der Waals surface area contributed by atoms with Crippen LogP contribution in [0.2, 0.25) is 0 Å². The topological polar surface area (TPSA) is 79.8 Å². The molecule has 0 fully saturated rings. The summed E-state index contributed by atoms with van der Waals surface area (Å²) < 4.78 is 42.8. The van der Waals surface area contributed by atoms with Crippen molar-refractivity contribution in [1.29, 1.82) is 0 Å². The highest BCUT2D eigenvalue weighted by Gasteiger charge is 2.28. The highest BCUT2D eigenvalue weighted by atomic mass is 127. The SMILES string of the molecule is CCC(CNC(=NC)NCCS(=O)(=O)C(C)(C)C)Oc1ccccc1F.I. The van der Waals surface area contributed by atoms with Crippen LogP contribution in [0.3, 0.4) is 0 Å². The Balaban J connectivity index is 0.00000676. The molecule has 0 saturated heterocycles. The minimum absolute atomic E-state index is 0. The third-order valence-corrected chi connectivity index (χ3v) is 6.51. The van der Waals surface area contributed by atoms with Gasteiger partial charge in [0.05, 0.1) is 17.0 Å². The second-order valence-electron chi connectivity index (χ2n) is 6.89. The Kier molecular flexibility index (Phi) is 11.2. The Morgan fingerprint density at radius 2 is 1.89 bits per heavy atom. The lowest BCUT2D eigenvalue weighted by Gasteiger charge is -2.21. The third kappa shape index (κ3) is 8.63. The van der Waals surface area contributed by atoms with Crippen LogP contribution < -0.4 is 15.4 Å². The van der Waals surface area contributed by atoms with E-state index in [1.807, 2.05) is 6.92 Å². The Hall–Kier alpha value is -1.10. The Morgan fingerprint density at radius 3 is 2.41 bits per heavy atom. The zero-order chi connectivity index (χ0) is 19.8. The molecule has 1 unspecified atom stereocenters. The van der Waals surface area contributed by atoms with Crippen molar-refractivity contribution in [2.75, 3.05) is 25.9 Å². The standard InChI is InChI=1S/C18H30FN3O3S.HI/c1-6-14(25-16-10-8-7-9-15(16)19)13-22-17(20-5)21-11-12-26(23,24)18(2,3)4;/h7-10,14H,6,11-13H2,1-5H3,(H2,20,21,22);1H. The molecule has 0 bridgehead atoms. The van der Waals surface area contributed by atoms with Crippen molar-refractivity contribution in [1.82, 2.24) is 10.6 Å². The fraction of sp³-hybridized carbons (Fsp3) is 0.611. The molecule has 27 heavy (non-hydrogen) atoms. The summed E-state index contributed by atoms with van der Waals surface area (Å²) in [6.07, 6.45) is 0.431. The van der Waals surface area contributed by atoms with Gasteiger partial charge in [0.25, 0.3) is 0 Å². The van der Waals surface area contributed by atoms with Gasteiger partial charge < -0.3 is 15.4 Å². The van der Waals surface area contributed by atoms with Crippen LogP contribution >= 0.6 is 24.0 Å². The Labute approximate surface area is 179 Å². The van der Waals surface area contributed by atoms with Crippen molar-refractivity contribution in [3.05, 3.63) is 30.1 Å². The molecule has 0 radical (unpaired) electrons. The Bertz CT molecular complexity index is 706. The molecule has 0 aliphatic rings. The fourth-order valence-electron chi connectivity index (χ4n) is 2.03. The number of halogens is 2. The van der Waals surface area contributed by atoms with Crippen LogP contribution in [0, 0.1) is 5.82 Å². The number of hydrogen-bond donors (Lipinski definition) is 2. The number of hydrogen-bond acceptors (Lipinski definition) is 4. The molecule has 0 aliphatic heterocycles. The van der Waals surface area contributed by atoms with Gasteiger partial charge in [-0.25, -0.2) is 12.8 Å². The van der Waals surface area contributed by atoms with Crippen molar-refractivity contribution < 1.29 is 17.5 Å². The first-order valence-electron chi connectivity index (χ1n) is 8.68. The van der Waals surface area contributed by atoms with Crippen molar-refractivity contribution in [3.8, 4) is 5.75 Å². The van der Waals surface area contributed by atoms with Crippen molar-refractivity contribution in [2.45, 2.75) is 45.0 Å². The molecule has 1 atom stereocenters. The minimum Gasteiger partial charge on any atom is -0.486 e. The van der Waals surface area contributed by atoms with E-state index in [1.54, 1.807) is 46.0 Å². The van der Waals surface area contributed by atoms with Gasteiger partial charge in [-0.3, -0.25) is 4.99 Å². The maximum absolute atomic E-state index is 13.7. The summed E-state index contributed by atoms with van der Waals surface area (Å²) >= 11 is 0. The molecule has 0 aliphatic carbocycles. The van der Waals surface area contributed by atoms with Gasteiger partial charge in [0, 0.05) is 13.6 Å². The summed E-state index contributed by atoms with van der Waals surface area (Å²) in [6, 6.07) is 6.27. The molecule has 0 aromatic heterocycles. The van der Waals surface area contributed by atoms with E-state index in [1.165, 1.54) is 6.07 Å². The van der Waals surface area contributed by atoms with Crippen molar-refractivity contribution in [3.63, 3.8) is 0 Å². The molecule has 6 nitrogen and oxygen atoms in total. The molecule has 0 spiro atoms.